The Morgan fingerprint density at radius 3 is 2.95 bits per heavy atom. The third kappa shape index (κ3) is 3.03. The number of nitrogen functional groups attached to an aromatic ring is 1. The molecule has 6 heteroatoms. The molecule has 0 aliphatic rings. The Bertz CT molecular complexity index is 628. The highest BCUT2D eigenvalue weighted by Crippen LogP contribution is 2.22. The van der Waals surface area contributed by atoms with E-state index in [2.05, 4.69) is 15.3 Å². The van der Waals surface area contributed by atoms with E-state index in [1.165, 1.54) is 6.20 Å². The summed E-state index contributed by atoms with van der Waals surface area (Å²) in [6, 6.07) is 3.41. The zero-order chi connectivity index (χ0) is 14.5. The van der Waals surface area contributed by atoms with Crippen molar-refractivity contribution in [2.45, 2.75) is 13.8 Å². The molecule has 104 valence electrons. The average Bonchev–Trinajstić information content (AvgIpc) is 2.43. The molecule has 0 atom stereocenters. The third-order valence-electron chi connectivity index (χ3n) is 2.70. The molecule has 3 N–H and O–H groups in total. The van der Waals surface area contributed by atoms with Crippen molar-refractivity contribution < 1.29 is 9.53 Å². The number of aromatic nitrogens is 2. The summed E-state index contributed by atoms with van der Waals surface area (Å²) in [5, 5.41) is 3.08. The van der Waals surface area contributed by atoms with Crippen LogP contribution < -0.4 is 11.1 Å². The van der Waals surface area contributed by atoms with Crippen LogP contribution in [0.3, 0.4) is 0 Å². The molecule has 20 heavy (non-hydrogen) atoms. The van der Waals surface area contributed by atoms with Gasteiger partial charge in [-0.3, -0.25) is 4.98 Å². The highest BCUT2D eigenvalue weighted by Gasteiger charge is 2.15. The zero-order valence-electron chi connectivity index (χ0n) is 11.4. The molecule has 0 radical (unpaired) electrons. The number of esters is 1. The second-order valence-electron chi connectivity index (χ2n) is 4.20. The monoisotopic (exact) mass is 272 g/mol. The number of rotatable bonds is 4. The Kier molecular flexibility index (Phi) is 4.14. The van der Waals surface area contributed by atoms with Crippen LogP contribution in [0.4, 0.5) is 17.2 Å². The number of carbonyl (C=O) groups is 1. The number of hydrogen-bond donors (Lipinski definition) is 2. The van der Waals surface area contributed by atoms with E-state index in [-0.39, 0.29) is 0 Å². The molecule has 0 spiro atoms. The third-order valence-corrected chi connectivity index (χ3v) is 2.70. The van der Waals surface area contributed by atoms with E-state index in [0.29, 0.717) is 23.7 Å². The molecule has 0 amide bonds. The van der Waals surface area contributed by atoms with E-state index < -0.39 is 5.97 Å². The van der Waals surface area contributed by atoms with Gasteiger partial charge >= 0.3 is 5.97 Å². The van der Waals surface area contributed by atoms with Crippen LogP contribution in [0.5, 0.6) is 0 Å². The van der Waals surface area contributed by atoms with Gasteiger partial charge in [0.25, 0.3) is 0 Å². The van der Waals surface area contributed by atoms with E-state index in [0.717, 1.165) is 11.3 Å². The maximum atomic E-state index is 11.9. The molecular weight excluding hydrogens is 256 g/mol. The Morgan fingerprint density at radius 2 is 2.25 bits per heavy atom. The molecule has 0 saturated carbocycles. The lowest BCUT2D eigenvalue weighted by Crippen LogP contribution is -2.10. The fourth-order valence-corrected chi connectivity index (χ4v) is 1.67. The first-order chi connectivity index (χ1) is 9.61. The van der Waals surface area contributed by atoms with Crippen molar-refractivity contribution in [2.75, 3.05) is 17.7 Å². The number of carbonyl (C=O) groups excluding carboxylic acids is 1. The van der Waals surface area contributed by atoms with Crippen molar-refractivity contribution in [3.63, 3.8) is 0 Å². The minimum absolute atomic E-state index is 0.291. The summed E-state index contributed by atoms with van der Waals surface area (Å²) < 4.78 is 5.00. The number of pyridine rings is 2. The Morgan fingerprint density at radius 1 is 1.45 bits per heavy atom. The summed E-state index contributed by atoms with van der Waals surface area (Å²) >= 11 is 0. The summed E-state index contributed by atoms with van der Waals surface area (Å²) in [5.41, 5.74) is 8.15. The molecule has 2 aromatic rings. The molecular formula is C14H16N4O2. The van der Waals surface area contributed by atoms with Crippen molar-refractivity contribution in [3.8, 4) is 0 Å². The lowest BCUT2D eigenvalue weighted by atomic mass is 10.2. The van der Waals surface area contributed by atoms with Crippen molar-refractivity contribution in [3.05, 3.63) is 41.9 Å². The molecule has 0 aliphatic heterocycles. The van der Waals surface area contributed by atoms with Gasteiger partial charge in [0.2, 0.25) is 0 Å². The van der Waals surface area contributed by atoms with Gasteiger partial charge in [-0.25, -0.2) is 9.78 Å². The van der Waals surface area contributed by atoms with Crippen molar-refractivity contribution in [2.24, 2.45) is 0 Å². The van der Waals surface area contributed by atoms with Crippen LogP contribution in [-0.2, 0) is 4.74 Å². The molecule has 0 unspecified atom stereocenters. The molecule has 0 bridgehead atoms. The van der Waals surface area contributed by atoms with Crippen molar-refractivity contribution in [1.82, 2.24) is 9.97 Å². The Balaban J connectivity index is 2.36. The number of nitrogens with two attached hydrogens (primary N) is 1. The lowest BCUT2D eigenvalue weighted by molar-refractivity contribution is 0.0527. The molecule has 2 heterocycles. The number of aryl methyl sites for hydroxylation is 1. The Hall–Kier alpha value is -2.63. The summed E-state index contributed by atoms with van der Waals surface area (Å²) in [4.78, 5) is 20.1. The van der Waals surface area contributed by atoms with Crippen LogP contribution in [0, 0.1) is 6.92 Å². The second kappa shape index (κ2) is 6.01. The van der Waals surface area contributed by atoms with Gasteiger partial charge in [0.1, 0.15) is 11.4 Å². The highest BCUT2D eigenvalue weighted by molar-refractivity contribution is 5.96. The summed E-state index contributed by atoms with van der Waals surface area (Å²) in [5.74, 6) is -0.0647. The summed E-state index contributed by atoms with van der Waals surface area (Å²) in [6.07, 6.45) is 4.85. The standard InChI is InChI=1S/C14H16N4O2/c1-3-20-14(19)11-6-10(15)7-17-13(11)18-12-8-16-5-4-9(12)2/h4-8H,3,15H2,1-2H3,(H,17,18). The smallest absolute Gasteiger partial charge is 0.341 e. The molecule has 2 aromatic heterocycles. The normalized spacial score (nSPS) is 10.1. The van der Waals surface area contributed by atoms with Crippen LogP contribution in [0.15, 0.2) is 30.7 Å². The van der Waals surface area contributed by atoms with E-state index in [9.17, 15) is 4.79 Å². The maximum absolute atomic E-state index is 11.9. The number of hydrogen-bond acceptors (Lipinski definition) is 6. The van der Waals surface area contributed by atoms with Gasteiger partial charge in [0.05, 0.1) is 30.4 Å². The zero-order valence-corrected chi connectivity index (χ0v) is 11.4. The van der Waals surface area contributed by atoms with E-state index in [1.54, 1.807) is 25.4 Å². The fraction of sp³-hybridized carbons (Fsp3) is 0.214. The lowest BCUT2D eigenvalue weighted by Gasteiger charge is -2.12. The maximum Gasteiger partial charge on any atom is 0.341 e. The van der Waals surface area contributed by atoms with Crippen LogP contribution in [0.2, 0.25) is 0 Å². The van der Waals surface area contributed by atoms with Gasteiger partial charge in [0, 0.05) is 6.20 Å². The van der Waals surface area contributed by atoms with Crippen LogP contribution in [0.25, 0.3) is 0 Å². The molecule has 6 nitrogen and oxygen atoms in total. The van der Waals surface area contributed by atoms with Gasteiger partial charge in [-0.15, -0.1) is 0 Å². The molecule has 0 saturated heterocycles. The molecule has 2 rings (SSSR count). The summed E-state index contributed by atoms with van der Waals surface area (Å²) in [6.45, 7) is 3.97. The first kappa shape index (κ1) is 13.8. The Labute approximate surface area is 117 Å². The minimum Gasteiger partial charge on any atom is -0.462 e. The number of anilines is 3. The van der Waals surface area contributed by atoms with Gasteiger partial charge in [0.15, 0.2) is 0 Å². The van der Waals surface area contributed by atoms with Gasteiger partial charge < -0.3 is 15.8 Å². The van der Waals surface area contributed by atoms with Crippen LogP contribution in [-0.4, -0.2) is 22.5 Å². The second-order valence-corrected chi connectivity index (χ2v) is 4.20. The summed E-state index contributed by atoms with van der Waals surface area (Å²) in [7, 11) is 0. The number of nitrogens with one attached hydrogen (secondary N) is 1. The van der Waals surface area contributed by atoms with Gasteiger partial charge in [-0.1, -0.05) is 0 Å². The van der Waals surface area contributed by atoms with Crippen molar-refractivity contribution >= 4 is 23.2 Å². The van der Waals surface area contributed by atoms with Crippen LogP contribution >= 0.6 is 0 Å². The van der Waals surface area contributed by atoms with Crippen LogP contribution in [0.1, 0.15) is 22.8 Å². The minimum atomic E-state index is -0.462. The predicted octanol–water partition coefficient (Wildman–Crippen LogP) is 2.29. The molecule has 0 aliphatic carbocycles. The molecule has 0 fully saturated rings. The quantitative estimate of drug-likeness (QED) is 0.830. The largest absolute Gasteiger partial charge is 0.462 e. The van der Waals surface area contributed by atoms with Gasteiger partial charge in [-0.2, -0.15) is 0 Å². The predicted molar refractivity (Wildman–Crippen MR) is 76.9 cm³/mol. The van der Waals surface area contributed by atoms with Crippen molar-refractivity contribution in [1.29, 1.82) is 0 Å². The number of nitrogens with zero attached hydrogens (tertiary/aromatic N) is 2. The van der Waals surface area contributed by atoms with E-state index in [4.69, 9.17) is 10.5 Å². The highest BCUT2D eigenvalue weighted by atomic mass is 16.5. The first-order valence-corrected chi connectivity index (χ1v) is 6.22. The number of ether oxygens (including phenoxy) is 1. The van der Waals surface area contributed by atoms with Gasteiger partial charge in [-0.05, 0) is 31.5 Å². The average molecular weight is 272 g/mol. The first-order valence-electron chi connectivity index (χ1n) is 6.22. The SMILES string of the molecule is CCOC(=O)c1cc(N)cnc1Nc1cnccc1C. The van der Waals surface area contributed by atoms with E-state index in [1.807, 2.05) is 13.0 Å². The van der Waals surface area contributed by atoms with E-state index >= 15 is 0 Å². The fourth-order valence-electron chi connectivity index (χ4n) is 1.67. The molecule has 0 aromatic carbocycles. The topological polar surface area (TPSA) is 90.1 Å².